The Bertz CT molecular complexity index is 687. The predicted octanol–water partition coefficient (Wildman–Crippen LogP) is 4.55. The van der Waals surface area contributed by atoms with Crippen molar-refractivity contribution in [2.75, 3.05) is 17.2 Å². The van der Waals surface area contributed by atoms with Gasteiger partial charge in [-0.05, 0) is 36.4 Å². The average molecular weight is 336 g/mol. The Labute approximate surface area is 138 Å². The number of anilines is 1. The van der Waals surface area contributed by atoms with Gasteiger partial charge in [-0.15, -0.1) is 11.8 Å². The number of amides is 1. The van der Waals surface area contributed by atoms with Crippen LogP contribution < -0.4 is 4.90 Å². The van der Waals surface area contributed by atoms with E-state index in [1.165, 1.54) is 6.07 Å². The van der Waals surface area contributed by atoms with Crippen LogP contribution in [0.4, 0.5) is 10.1 Å². The van der Waals surface area contributed by atoms with Crippen molar-refractivity contribution in [3.05, 3.63) is 58.9 Å². The number of hydrogen-bond acceptors (Lipinski definition) is 2. The maximum Gasteiger partial charge on any atom is 0.231 e. The highest BCUT2D eigenvalue weighted by atomic mass is 35.5. The summed E-state index contributed by atoms with van der Waals surface area (Å²) in [6.07, 6.45) is 0.889. The molecule has 0 unspecified atom stereocenters. The SMILES string of the molecule is O=C(Cc1c(F)cccc1Cl)N1CCCSc2ccccc21. The Kier molecular flexibility index (Phi) is 4.69. The molecule has 5 heteroatoms. The largest absolute Gasteiger partial charge is 0.311 e. The highest BCUT2D eigenvalue weighted by Gasteiger charge is 2.23. The molecule has 0 bridgehead atoms. The molecule has 0 aliphatic carbocycles. The number of nitrogens with zero attached hydrogens (tertiary/aromatic N) is 1. The topological polar surface area (TPSA) is 20.3 Å². The molecule has 2 aromatic carbocycles. The maximum atomic E-state index is 13.9. The van der Waals surface area contributed by atoms with Gasteiger partial charge in [0.2, 0.25) is 5.91 Å². The molecule has 1 aliphatic rings. The van der Waals surface area contributed by atoms with Crippen LogP contribution in [0.1, 0.15) is 12.0 Å². The Morgan fingerprint density at radius 3 is 2.86 bits per heavy atom. The smallest absolute Gasteiger partial charge is 0.231 e. The van der Waals surface area contributed by atoms with E-state index in [0.29, 0.717) is 11.6 Å². The summed E-state index contributed by atoms with van der Waals surface area (Å²) >= 11 is 7.78. The van der Waals surface area contributed by atoms with Gasteiger partial charge in [0.25, 0.3) is 0 Å². The van der Waals surface area contributed by atoms with Crippen molar-refractivity contribution in [2.24, 2.45) is 0 Å². The zero-order valence-electron chi connectivity index (χ0n) is 11.9. The molecular weight excluding hydrogens is 321 g/mol. The molecule has 22 heavy (non-hydrogen) atoms. The molecule has 0 saturated carbocycles. The van der Waals surface area contributed by atoms with Gasteiger partial charge in [0.1, 0.15) is 5.82 Å². The fourth-order valence-corrected chi connectivity index (χ4v) is 3.76. The van der Waals surface area contributed by atoms with E-state index >= 15 is 0 Å². The Morgan fingerprint density at radius 1 is 1.23 bits per heavy atom. The van der Waals surface area contributed by atoms with E-state index in [4.69, 9.17) is 11.6 Å². The van der Waals surface area contributed by atoms with Gasteiger partial charge >= 0.3 is 0 Å². The van der Waals surface area contributed by atoms with E-state index in [9.17, 15) is 9.18 Å². The molecule has 0 atom stereocenters. The van der Waals surface area contributed by atoms with E-state index in [-0.39, 0.29) is 17.9 Å². The van der Waals surface area contributed by atoms with Crippen LogP contribution in [0.25, 0.3) is 0 Å². The van der Waals surface area contributed by atoms with Crippen molar-refractivity contribution in [3.8, 4) is 0 Å². The van der Waals surface area contributed by atoms with Crippen LogP contribution >= 0.6 is 23.4 Å². The number of rotatable bonds is 2. The van der Waals surface area contributed by atoms with Crippen LogP contribution in [0.15, 0.2) is 47.4 Å². The molecule has 2 aromatic rings. The molecule has 0 saturated heterocycles. The first-order valence-corrected chi connectivity index (χ1v) is 8.48. The summed E-state index contributed by atoms with van der Waals surface area (Å²) in [6, 6.07) is 12.3. The third kappa shape index (κ3) is 3.13. The normalized spacial score (nSPS) is 14.4. The number of benzene rings is 2. The number of hydrogen-bond donors (Lipinski definition) is 0. The average Bonchev–Trinajstić information content (AvgIpc) is 2.73. The molecule has 1 heterocycles. The van der Waals surface area contributed by atoms with Gasteiger partial charge < -0.3 is 4.90 Å². The summed E-state index contributed by atoms with van der Waals surface area (Å²) in [7, 11) is 0. The van der Waals surface area contributed by atoms with Crippen molar-refractivity contribution in [1.29, 1.82) is 0 Å². The van der Waals surface area contributed by atoms with Gasteiger partial charge in [-0.2, -0.15) is 0 Å². The molecule has 0 fully saturated rings. The quantitative estimate of drug-likeness (QED) is 0.802. The number of halogens is 2. The number of para-hydroxylation sites is 1. The van der Waals surface area contributed by atoms with Gasteiger partial charge in [-0.3, -0.25) is 4.79 Å². The number of carbonyl (C=O) groups excluding carboxylic acids is 1. The Balaban J connectivity index is 1.89. The molecule has 0 spiro atoms. The maximum absolute atomic E-state index is 13.9. The fraction of sp³-hybridized carbons (Fsp3) is 0.235. The van der Waals surface area contributed by atoms with Crippen LogP contribution in [0.5, 0.6) is 0 Å². The summed E-state index contributed by atoms with van der Waals surface area (Å²) in [5.41, 5.74) is 1.17. The summed E-state index contributed by atoms with van der Waals surface area (Å²) in [5.74, 6) is 0.418. The minimum Gasteiger partial charge on any atom is -0.311 e. The molecule has 2 nitrogen and oxygen atoms in total. The van der Waals surface area contributed by atoms with E-state index in [1.807, 2.05) is 24.3 Å². The highest BCUT2D eigenvalue weighted by Crippen LogP contribution is 2.34. The molecule has 1 amide bonds. The van der Waals surface area contributed by atoms with Crippen LogP contribution in [-0.4, -0.2) is 18.2 Å². The minimum absolute atomic E-state index is 0.0233. The lowest BCUT2D eigenvalue weighted by Crippen LogP contribution is -2.33. The second-order valence-corrected chi connectivity index (χ2v) is 6.64. The second-order valence-electron chi connectivity index (χ2n) is 5.09. The summed E-state index contributed by atoms with van der Waals surface area (Å²) in [4.78, 5) is 15.5. The summed E-state index contributed by atoms with van der Waals surface area (Å²) in [6.45, 7) is 0.648. The highest BCUT2D eigenvalue weighted by molar-refractivity contribution is 7.99. The summed E-state index contributed by atoms with van der Waals surface area (Å²) < 4.78 is 13.9. The molecule has 0 N–H and O–H groups in total. The van der Waals surface area contributed by atoms with Crippen molar-refractivity contribution >= 4 is 35.0 Å². The minimum atomic E-state index is -0.432. The second kappa shape index (κ2) is 6.71. The van der Waals surface area contributed by atoms with Crippen LogP contribution in [0.3, 0.4) is 0 Å². The Morgan fingerprint density at radius 2 is 2.05 bits per heavy atom. The zero-order valence-corrected chi connectivity index (χ0v) is 13.5. The van der Waals surface area contributed by atoms with Crippen LogP contribution in [-0.2, 0) is 11.2 Å². The first kappa shape index (κ1) is 15.4. The fourth-order valence-electron chi connectivity index (χ4n) is 2.53. The van der Waals surface area contributed by atoms with Crippen LogP contribution in [0.2, 0.25) is 5.02 Å². The third-order valence-corrected chi connectivity index (χ3v) is 5.13. The van der Waals surface area contributed by atoms with E-state index in [2.05, 4.69) is 0 Å². The molecule has 0 aromatic heterocycles. The number of thioether (sulfide) groups is 1. The van der Waals surface area contributed by atoms with Gasteiger partial charge in [-0.25, -0.2) is 4.39 Å². The van der Waals surface area contributed by atoms with Crippen molar-refractivity contribution < 1.29 is 9.18 Å². The van der Waals surface area contributed by atoms with Crippen molar-refractivity contribution in [2.45, 2.75) is 17.7 Å². The first-order valence-electron chi connectivity index (χ1n) is 7.12. The van der Waals surface area contributed by atoms with E-state index in [0.717, 1.165) is 22.8 Å². The first-order chi connectivity index (χ1) is 10.7. The van der Waals surface area contributed by atoms with E-state index < -0.39 is 5.82 Å². The number of fused-ring (bicyclic) bond motifs is 1. The van der Waals surface area contributed by atoms with E-state index in [1.54, 1.807) is 28.8 Å². The lowest BCUT2D eigenvalue weighted by molar-refractivity contribution is -0.118. The van der Waals surface area contributed by atoms with Crippen molar-refractivity contribution in [1.82, 2.24) is 0 Å². The molecule has 114 valence electrons. The molecule has 3 rings (SSSR count). The lowest BCUT2D eigenvalue weighted by Gasteiger charge is -2.23. The van der Waals surface area contributed by atoms with Crippen LogP contribution in [0, 0.1) is 5.82 Å². The molecular formula is C17H15ClFNOS. The zero-order chi connectivity index (χ0) is 15.5. The lowest BCUT2D eigenvalue weighted by atomic mass is 10.1. The monoisotopic (exact) mass is 335 g/mol. The predicted molar refractivity (Wildman–Crippen MR) is 89.3 cm³/mol. The molecule has 0 radical (unpaired) electrons. The Hall–Kier alpha value is -1.52. The van der Waals surface area contributed by atoms with Gasteiger partial charge in [0, 0.05) is 22.0 Å². The van der Waals surface area contributed by atoms with Gasteiger partial charge in [-0.1, -0.05) is 29.8 Å². The van der Waals surface area contributed by atoms with Gasteiger partial charge in [0.15, 0.2) is 0 Å². The third-order valence-electron chi connectivity index (χ3n) is 3.63. The molecule has 1 aliphatic heterocycles. The standard InChI is InChI=1S/C17H15ClFNOS/c18-13-5-3-6-14(19)12(13)11-17(21)20-9-4-10-22-16-8-2-1-7-15(16)20/h1-3,5-8H,4,9-11H2. The van der Waals surface area contributed by atoms with Crippen molar-refractivity contribution in [3.63, 3.8) is 0 Å². The van der Waals surface area contributed by atoms with Gasteiger partial charge in [0.05, 0.1) is 12.1 Å². The number of carbonyl (C=O) groups is 1. The summed E-state index contributed by atoms with van der Waals surface area (Å²) in [5, 5.41) is 0.297.